The number of rotatable bonds is 4. The molecule has 19 heavy (non-hydrogen) atoms. The van der Waals surface area contributed by atoms with Gasteiger partial charge in [0.2, 0.25) is 5.91 Å². The van der Waals surface area contributed by atoms with Gasteiger partial charge in [-0.1, -0.05) is 43.3 Å². The van der Waals surface area contributed by atoms with Crippen molar-refractivity contribution >= 4 is 11.6 Å². The van der Waals surface area contributed by atoms with Crippen molar-refractivity contribution in [3.05, 3.63) is 60.2 Å². The third-order valence-corrected chi connectivity index (χ3v) is 2.95. The van der Waals surface area contributed by atoms with Crippen LogP contribution in [0.15, 0.2) is 54.6 Å². The molecule has 0 spiro atoms. The number of phenolic OH excluding ortho intramolecular Hbond substituents is 1. The van der Waals surface area contributed by atoms with Crippen molar-refractivity contribution < 1.29 is 9.90 Å². The van der Waals surface area contributed by atoms with Crippen LogP contribution in [0.2, 0.25) is 0 Å². The van der Waals surface area contributed by atoms with Crippen molar-refractivity contribution in [3.8, 4) is 5.75 Å². The highest BCUT2D eigenvalue weighted by atomic mass is 16.3. The van der Waals surface area contributed by atoms with E-state index in [2.05, 4.69) is 5.32 Å². The fourth-order valence-electron chi connectivity index (χ4n) is 1.91. The molecule has 0 bridgehead atoms. The van der Waals surface area contributed by atoms with Crippen molar-refractivity contribution in [2.45, 2.75) is 13.3 Å². The zero-order valence-corrected chi connectivity index (χ0v) is 10.8. The molecule has 98 valence electrons. The van der Waals surface area contributed by atoms with Crippen LogP contribution in [-0.2, 0) is 11.2 Å². The van der Waals surface area contributed by atoms with Crippen molar-refractivity contribution in [2.75, 3.05) is 5.32 Å². The molecule has 0 aliphatic rings. The van der Waals surface area contributed by atoms with Crippen molar-refractivity contribution in [2.24, 2.45) is 5.92 Å². The summed E-state index contributed by atoms with van der Waals surface area (Å²) in [6.07, 6.45) is 0.700. The monoisotopic (exact) mass is 255 g/mol. The molecule has 0 radical (unpaired) electrons. The van der Waals surface area contributed by atoms with Crippen molar-refractivity contribution in [3.63, 3.8) is 0 Å². The Balaban J connectivity index is 1.96. The largest absolute Gasteiger partial charge is 0.508 e. The van der Waals surface area contributed by atoms with Gasteiger partial charge in [-0.25, -0.2) is 0 Å². The average Bonchev–Trinajstić information content (AvgIpc) is 2.40. The highest BCUT2D eigenvalue weighted by Gasteiger charge is 2.13. The minimum absolute atomic E-state index is 0.0468. The molecule has 2 rings (SSSR count). The number of aromatic hydroxyl groups is 1. The average molecular weight is 255 g/mol. The summed E-state index contributed by atoms with van der Waals surface area (Å²) in [4.78, 5) is 12.0. The number of hydrogen-bond donors (Lipinski definition) is 2. The van der Waals surface area contributed by atoms with E-state index in [0.29, 0.717) is 12.1 Å². The highest BCUT2D eigenvalue weighted by molar-refractivity contribution is 5.92. The maximum atomic E-state index is 12.0. The summed E-state index contributed by atoms with van der Waals surface area (Å²) in [5.74, 6) is -0.0206. The number of amides is 1. The van der Waals surface area contributed by atoms with E-state index in [9.17, 15) is 9.90 Å². The van der Waals surface area contributed by atoms with E-state index in [-0.39, 0.29) is 17.6 Å². The third kappa shape index (κ3) is 3.85. The lowest BCUT2D eigenvalue weighted by molar-refractivity contribution is -0.119. The standard InChI is InChI=1S/C16H17NO2/c1-12(10-13-6-3-2-4-7-13)16(19)17-14-8-5-9-15(18)11-14/h2-9,11-12,18H,10H2,1H3,(H,17,19)/t12-/m0/s1. The number of benzene rings is 2. The number of carbonyl (C=O) groups excluding carboxylic acids is 1. The molecule has 3 heteroatoms. The van der Waals surface area contributed by atoms with Crippen LogP contribution in [0.3, 0.4) is 0 Å². The molecule has 2 N–H and O–H groups in total. The quantitative estimate of drug-likeness (QED) is 0.881. The zero-order chi connectivity index (χ0) is 13.7. The number of carbonyl (C=O) groups is 1. The predicted octanol–water partition coefficient (Wildman–Crippen LogP) is 3.21. The molecule has 0 aromatic heterocycles. The van der Waals surface area contributed by atoms with Crippen LogP contribution < -0.4 is 5.32 Å². The number of phenols is 1. The minimum Gasteiger partial charge on any atom is -0.508 e. The summed E-state index contributed by atoms with van der Waals surface area (Å²) in [6, 6.07) is 16.5. The lowest BCUT2D eigenvalue weighted by Gasteiger charge is -2.12. The highest BCUT2D eigenvalue weighted by Crippen LogP contribution is 2.17. The lowest BCUT2D eigenvalue weighted by Crippen LogP contribution is -2.22. The molecule has 1 atom stereocenters. The predicted molar refractivity (Wildman–Crippen MR) is 76.0 cm³/mol. The molecule has 0 aliphatic heterocycles. The first kappa shape index (κ1) is 13.1. The van der Waals surface area contributed by atoms with E-state index in [1.807, 2.05) is 37.3 Å². The molecule has 2 aromatic carbocycles. The van der Waals surface area contributed by atoms with Crippen molar-refractivity contribution in [1.29, 1.82) is 0 Å². The SMILES string of the molecule is C[C@@H](Cc1ccccc1)C(=O)Nc1cccc(O)c1. The Kier molecular flexibility index (Phi) is 4.18. The van der Waals surface area contributed by atoms with E-state index in [0.717, 1.165) is 5.56 Å². The van der Waals surface area contributed by atoms with Gasteiger partial charge >= 0.3 is 0 Å². The topological polar surface area (TPSA) is 49.3 Å². The minimum atomic E-state index is -0.121. The molecule has 1 amide bonds. The third-order valence-electron chi connectivity index (χ3n) is 2.95. The van der Waals surface area contributed by atoms with E-state index in [4.69, 9.17) is 0 Å². The molecule has 0 saturated heterocycles. The second-order valence-corrected chi connectivity index (χ2v) is 4.63. The Morgan fingerprint density at radius 3 is 2.58 bits per heavy atom. The molecule has 0 unspecified atom stereocenters. The van der Waals surface area contributed by atoms with Crippen LogP contribution in [0.5, 0.6) is 5.75 Å². The van der Waals surface area contributed by atoms with E-state index < -0.39 is 0 Å². The summed E-state index contributed by atoms with van der Waals surface area (Å²) < 4.78 is 0. The van der Waals surface area contributed by atoms with Gasteiger partial charge in [0, 0.05) is 17.7 Å². The van der Waals surface area contributed by atoms with Crippen LogP contribution >= 0.6 is 0 Å². The fourth-order valence-corrected chi connectivity index (χ4v) is 1.91. The molecular formula is C16H17NO2. The Morgan fingerprint density at radius 2 is 1.89 bits per heavy atom. The number of hydrogen-bond acceptors (Lipinski definition) is 2. The van der Waals surface area contributed by atoms with Crippen LogP contribution in [0.4, 0.5) is 5.69 Å². The second-order valence-electron chi connectivity index (χ2n) is 4.63. The summed E-state index contributed by atoms with van der Waals surface area (Å²) >= 11 is 0. The smallest absolute Gasteiger partial charge is 0.227 e. The van der Waals surface area contributed by atoms with E-state index >= 15 is 0 Å². The summed E-state index contributed by atoms with van der Waals surface area (Å²) in [6.45, 7) is 1.89. The van der Waals surface area contributed by atoms with E-state index in [1.54, 1.807) is 18.2 Å². The summed E-state index contributed by atoms with van der Waals surface area (Å²) in [5, 5.41) is 12.2. The Hall–Kier alpha value is -2.29. The van der Waals surface area contributed by atoms with Gasteiger partial charge in [0.1, 0.15) is 5.75 Å². The fraction of sp³-hybridized carbons (Fsp3) is 0.188. The molecular weight excluding hydrogens is 238 g/mol. The van der Waals surface area contributed by atoms with Gasteiger partial charge in [0.15, 0.2) is 0 Å². The number of anilines is 1. The zero-order valence-electron chi connectivity index (χ0n) is 10.8. The van der Waals surface area contributed by atoms with Gasteiger partial charge in [-0.3, -0.25) is 4.79 Å². The lowest BCUT2D eigenvalue weighted by atomic mass is 10.0. The van der Waals surface area contributed by atoms with Crippen LogP contribution in [-0.4, -0.2) is 11.0 Å². The second kappa shape index (κ2) is 6.05. The van der Waals surface area contributed by atoms with E-state index in [1.165, 1.54) is 6.07 Å². The molecule has 0 saturated carbocycles. The molecule has 2 aromatic rings. The van der Waals surface area contributed by atoms with Gasteiger partial charge in [0.05, 0.1) is 0 Å². The first-order valence-corrected chi connectivity index (χ1v) is 6.29. The maximum absolute atomic E-state index is 12.0. The Bertz CT molecular complexity index is 552. The first-order valence-electron chi connectivity index (χ1n) is 6.29. The summed E-state index contributed by atoms with van der Waals surface area (Å²) in [5.41, 5.74) is 1.76. The van der Waals surface area contributed by atoms with Gasteiger partial charge in [-0.15, -0.1) is 0 Å². The van der Waals surface area contributed by atoms with Crippen molar-refractivity contribution in [1.82, 2.24) is 0 Å². The Morgan fingerprint density at radius 1 is 1.16 bits per heavy atom. The van der Waals surface area contributed by atoms with Crippen LogP contribution in [0.1, 0.15) is 12.5 Å². The molecule has 0 aliphatic carbocycles. The summed E-state index contributed by atoms with van der Waals surface area (Å²) in [7, 11) is 0. The maximum Gasteiger partial charge on any atom is 0.227 e. The van der Waals surface area contributed by atoms with Crippen LogP contribution in [0, 0.1) is 5.92 Å². The van der Waals surface area contributed by atoms with Gasteiger partial charge in [-0.05, 0) is 24.1 Å². The van der Waals surface area contributed by atoms with Gasteiger partial charge in [0.25, 0.3) is 0 Å². The first-order chi connectivity index (χ1) is 9.15. The molecule has 0 fully saturated rings. The number of nitrogens with one attached hydrogen (secondary N) is 1. The molecule has 0 heterocycles. The van der Waals surface area contributed by atoms with Crippen LogP contribution in [0.25, 0.3) is 0 Å². The normalized spacial score (nSPS) is 11.8. The van der Waals surface area contributed by atoms with Gasteiger partial charge in [-0.2, -0.15) is 0 Å². The molecule has 3 nitrogen and oxygen atoms in total. The Labute approximate surface area is 112 Å². The van der Waals surface area contributed by atoms with Gasteiger partial charge < -0.3 is 10.4 Å².